The largest absolute Gasteiger partial charge is 0.461 e. The van der Waals surface area contributed by atoms with Crippen molar-refractivity contribution in [3.63, 3.8) is 0 Å². The molecule has 11 heteroatoms. The highest BCUT2D eigenvalue weighted by Gasteiger charge is 2.22. The van der Waals surface area contributed by atoms with Crippen molar-refractivity contribution in [2.75, 3.05) is 6.61 Å². The normalized spacial score (nSPS) is 12.2. The predicted molar refractivity (Wildman–Crippen MR) is 145 cm³/mol. The van der Waals surface area contributed by atoms with Crippen LogP contribution in [-0.4, -0.2) is 18.9 Å². The van der Waals surface area contributed by atoms with Crippen molar-refractivity contribution in [2.45, 2.75) is 39.5 Å². The third-order valence-corrected chi connectivity index (χ3v) is 8.58. The molecule has 0 aliphatic heterocycles. The van der Waals surface area contributed by atoms with E-state index in [4.69, 9.17) is 32.1 Å². The topological polar surface area (TPSA) is 44.8 Å². The lowest BCUT2D eigenvalue weighted by Gasteiger charge is -2.16. The predicted octanol–water partition coefficient (Wildman–Crippen LogP) is 9.07. The highest BCUT2D eigenvalue weighted by atomic mass is 127. The molecule has 31 heavy (non-hydrogen) atoms. The number of rotatable bonds is 10. The fourth-order valence-electron chi connectivity index (χ4n) is 2.70. The lowest BCUT2D eigenvalue weighted by atomic mass is 9.96. The first-order valence-electron chi connectivity index (χ1n) is 9.16. The molecule has 2 rings (SSSR count). The molecule has 0 heterocycles. The number of halogens is 5. The number of benzene rings is 2. The third-order valence-electron chi connectivity index (χ3n) is 4.09. The SMILES string of the molecule is CCOC(=O)C(F)Oc1cc(Cl)c(Cc2ccc(OSP(I)I)c(C(C)C)c2)c(Cl)c1. The summed E-state index contributed by atoms with van der Waals surface area (Å²) in [4.78, 5) is 11.4. The minimum absolute atomic E-state index is 0.0528. The van der Waals surface area contributed by atoms with Gasteiger partial charge in [-0.1, -0.05) is 49.2 Å². The Bertz CT molecular complexity index is 898. The molecule has 0 spiro atoms. The smallest absolute Gasteiger partial charge is 0.381 e. The summed E-state index contributed by atoms with van der Waals surface area (Å²) in [6, 6.07) is 8.89. The molecule has 1 atom stereocenters. The Morgan fingerprint density at radius 3 is 2.39 bits per heavy atom. The van der Waals surface area contributed by atoms with Crippen LogP contribution in [0.2, 0.25) is 10.0 Å². The third kappa shape index (κ3) is 8.52. The van der Waals surface area contributed by atoms with Crippen LogP contribution in [-0.2, 0) is 16.0 Å². The van der Waals surface area contributed by atoms with Gasteiger partial charge in [0.25, 0.3) is 0 Å². The van der Waals surface area contributed by atoms with E-state index in [1.165, 1.54) is 23.8 Å². The molecular weight excluding hydrogens is 711 g/mol. The van der Waals surface area contributed by atoms with Crippen LogP contribution in [0.3, 0.4) is 0 Å². The fourth-order valence-corrected chi connectivity index (χ4v) is 5.45. The Morgan fingerprint density at radius 2 is 1.84 bits per heavy atom. The Morgan fingerprint density at radius 1 is 1.19 bits per heavy atom. The van der Waals surface area contributed by atoms with E-state index in [2.05, 4.69) is 68.7 Å². The van der Waals surface area contributed by atoms with Gasteiger partial charge >= 0.3 is 12.3 Å². The zero-order chi connectivity index (χ0) is 23.1. The van der Waals surface area contributed by atoms with E-state index < -0.39 is 12.3 Å². The minimum Gasteiger partial charge on any atom is -0.461 e. The number of esters is 1. The summed E-state index contributed by atoms with van der Waals surface area (Å²) in [7, 11) is 0. The maximum absolute atomic E-state index is 13.9. The van der Waals surface area contributed by atoms with Crippen LogP contribution >= 0.6 is 81.4 Å². The van der Waals surface area contributed by atoms with Gasteiger partial charge in [0.15, 0.2) is 0 Å². The van der Waals surface area contributed by atoms with Crippen LogP contribution in [0.15, 0.2) is 30.3 Å². The summed E-state index contributed by atoms with van der Waals surface area (Å²) >= 11 is 18.9. The van der Waals surface area contributed by atoms with Gasteiger partial charge in [-0.3, -0.25) is 0 Å². The van der Waals surface area contributed by atoms with Crippen LogP contribution in [0, 0.1) is 0 Å². The molecule has 0 saturated carbocycles. The highest BCUT2D eigenvalue weighted by molar-refractivity contribution is 14.3. The minimum atomic E-state index is -2.25. The van der Waals surface area contributed by atoms with Gasteiger partial charge in [-0.15, -0.1) is 0 Å². The maximum Gasteiger partial charge on any atom is 0.381 e. The molecule has 0 saturated heterocycles. The Kier molecular flexibility index (Phi) is 11.7. The Balaban J connectivity index is 2.22. The molecule has 1 unspecified atom stereocenters. The van der Waals surface area contributed by atoms with Gasteiger partial charge in [-0.2, -0.15) is 4.39 Å². The summed E-state index contributed by atoms with van der Waals surface area (Å²) < 4.78 is 29.0. The first-order chi connectivity index (χ1) is 14.6. The van der Waals surface area contributed by atoms with Crippen molar-refractivity contribution in [2.24, 2.45) is 0 Å². The van der Waals surface area contributed by atoms with Gasteiger partial charge in [0, 0.05) is 16.5 Å². The number of ether oxygens (including phenoxy) is 2. The van der Waals surface area contributed by atoms with Gasteiger partial charge in [0.05, 0.1) is 6.61 Å². The highest BCUT2D eigenvalue weighted by Crippen LogP contribution is 2.64. The molecule has 0 aromatic heterocycles. The summed E-state index contributed by atoms with van der Waals surface area (Å²) in [5.74, 6) is 0.0741. The summed E-state index contributed by atoms with van der Waals surface area (Å²) in [6.07, 6.45) is -1.77. The van der Waals surface area contributed by atoms with Crippen LogP contribution in [0.4, 0.5) is 4.39 Å². The van der Waals surface area contributed by atoms with Crippen molar-refractivity contribution in [3.05, 3.63) is 57.1 Å². The lowest BCUT2D eigenvalue weighted by molar-refractivity contribution is -0.159. The van der Waals surface area contributed by atoms with Gasteiger partial charge in [-0.05, 0) is 91.8 Å². The van der Waals surface area contributed by atoms with Crippen LogP contribution in [0.1, 0.15) is 43.4 Å². The molecule has 2 aromatic rings. The van der Waals surface area contributed by atoms with Crippen LogP contribution in [0.25, 0.3) is 0 Å². The molecule has 0 aliphatic carbocycles. The molecule has 0 radical (unpaired) electrons. The number of carbonyl (C=O) groups excluding carboxylic acids is 1. The average Bonchev–Trinajstić information content (AvgIpc) is 2.69. The molecule has 0 N–H and O–H groups in total. The second-order valence-corrected chi connectivity index (χ2v) is 24.9. The van der Waals surface area contributed by atoms with E-state index in [1.807, 2.05) is 12.1 Å². The summed E-state index contributed by atoms with van der Waals surface area (Å²) in [5, 5.41) is 0.641. The number of hydrogen-bond donors (Lipinski definition) is 0. The standard InChI is InChI=1S/C20H20Cl2FI2O4PS/c1-4-27-20(26)19(23)28-13-9-16(21)15(17(22)10-13)8-12-5-6-18(29-31-30(24)25)14(7-12)11(2)3/h5-7,9-11,19H,4,8H2,1-3H3. The maximum atomic E-state index is 13.9. The van der Waals surface area contributed by atoms with Crippen molar-refractivity contribution in [1.29, 1.82) is 0 Å². The van der Waals surface area contributed by atoms with Crippen molar-refractivity contribution in [3.8, 4) is 11.5 Å². The molecule has 170 valence electrons. The second kappa shape index (κ2) is 13.2. The van der Waals surface area contributed by atoms with Crippen molar-refractivity contribution < 1.29 is 22.8 Å². The molecule has 0 bridgehead atoms. The van der Waals surface area contributed by atoms with Crippen LogP contribution < -0.4 is 8.92 Å². The molecule has 0 amide bonds. The van der Waals surface area contributed by atoms with E-state index in [9.17, 15) is 9.18 Å². The number of carbonyl (C=O) groups is 1. The Hall–Kier alpha value is 0.260. The lowest BCUT2D eigenvalue weighted by Crippen LogP contribution is -2.24. The van der Waals surface area contributed by atoms with Gasteiger partial charge in [0.2, 0.25) is 0 Å². The van der Waals surface area contributed by atoms with Crippen molar-refractivity contribution >= 4 is 87.3 Å². The summed E-state index contributed by atoms with van der Waals surface area (Å²) in [6.45, 7) is 5.86. The fraction of sp³-hybridized carbons (Fsp3) is 0.350. The first kappa shape index (κ1) is 27.5. The molecule has 2 aromatic carbocycles. The number of hydrogen-bond acceptors (Lipinski definition) is 5. The van der Waals surface area contributed by atoms with Gasteiger partial charge < -0.3 is 13.7 Å². The molecule has 0 fully saturated rings. The van der Waals surface area contributed by atoms with E-state index >= 15 is 0 Å². The van der Waals surface area contributed by atoms with Crippen molar-refractivity contribution in [1.82, 2.24) is 0 Å². The molecule has 0 aliphatic rings. The average molecular weight is 731 g/mol. The Labute approximate surface area is 222 Å². The monoisotopic (exact) mass is 730 g/mol. The zero-order valence-corrected chi connectivity index (χ0v) is 24.4. The van der Waals surface area contributed by atoms with E-state index in [0.29, 0.717) is 22.0 Å². The summed E-state index contributed by atoms with van der Waals surface area (Å²) in [5.41, 5.74) is 2.79. The van der Waals surface area contributed by atoms with Gasteiger partial charge in [-0.25, -0.2) is 4.79 Å². The van der Waals surface area contributed by atoms with E-state index in [1.54, 1.807) is 6.92 Å². The molecule has 4 nitrogen and oxygen atoms in total. The second-order valence-electron chi connectivity index (χ2n) is 6.61. The van der Waals surface area contributed by atoms with E-state index in [0.717, 1.165) is 16.9 Å². The number of alkyl halides is 1. The van der Waals surface area contributed by atoms with E-state index in [-0.39, 0.29) is 20.7 Å². The molecular formula is C20H20Cl2FI2O4PS. The van der Waals surface area contributed by atoms with Gasteiger partial charge in [0.1, 0.15) is 25.6 Å². The first-order valence-corrected chi connectivity index (χ1v) is 18.2. The quantitative estimate of drug-likeness (QED) is 0.106. The van der Waals surface area contributed by atoms with Crippen LogP contribution in [0.5, 0.6) is 11.5 Å². The zero-order valence-electron chi connectivity index (χ0n) is 16.8.